The molecule has 2 heteroatoms. The van der Waals surface area contributed by atoms with E-state index in [4.69, 9.17) is 4.74 Å². The Morgan fingerprint density at radius 2 is 2.56 bits per heavy atom. The van der Waals surface area contributed by atoms with Crippen LogP contribution < -0.4 is 5.32 Å². The van der Waals surface area contributed by atoms with Crippen molar-refractivity contribution in [2.24, 2.45) is 0 Å². The second-order valence-corrected chi connectivity index (χ2v) is 2.29. The molecular weight excluding hydrogens is 114 g/mol. The molecular formula is C7H13NO. The van der Waals surface area contributed by atoms with Crippen LogP contribution in [0.25, 0.3) is 0 Å². The maximum atomic E-state index is 5.35. The molecule has 9 heavy (non-hydrogen) atoms. The Balaban J connectivity index is 2.38. The highest BCUT2D eigenvalue weighted by Gasteiger charge is 2.16. The van der Waals surface area contributed by atoms with E-state index in [0.29, 0.717) is 6.04 Å². The topological polar surface area (TPSA) is 21.3 Å². The fourth-order valence-corrected chi connectivity index (χ4v) is 1.02. The SMILES string of the molecule is C=C[C@@H]1NCCO[C@H]1C. The summed E-state index contributed by atoms with van der Waals surface area (Å²) < 4.78 is 5.35. The minimum absolute atomic E-state index is 0.288. The third-order valence-electron chi connectivity index (χ3n) is 1.62. The quantitative estimate of drug-likeness (QED) is 0.519. The molecule has 1 aliphatic rings. The molecule has 0 unspecified atom stereocenters. The summed E-state index contributed by atoms with van der Waals surface area (Å²) in [4.78, 5) is 0. The molecule has 0 aliphatic carbocycles. The van der Waals surface area contributed by atoms with E-state index in [9.17, 15) is 0 Å². The Hall–Kier alpha value is -0.340. The summed E-state index contributed by atoms with van der Waals surface area (Å²) >= 11 is 0. The minimum Gasteiger partial charge on any atom is -0.375 e. The van der Waals surface area contributed by atoms with Crippen LogP contribution in [0.4, 0.5) is 0 Å². The van der Waals surface area contributed by atoms with Crippen molar-refractivity contribution < 1.29 is 4.74 Å². The Bertz CT molecular complexity index is 103. The standard InChI is InChI=1S/C7H13NO/c1-3-7-6(2)9-5-4-8-7/h3,6-8H,1,4-5H2,2H3/t6-,7-/m0/s1. The van der Waals surface area contributed by atoms with Crippen molar-refractivity contribution in [2.75, 3.05) is 13.2 Å². The molecule has 0 saturated carbocycles. The van der Waals surface area contributed by atoms with E-state index in [1.165, 1.54) is 0 Å². The highest BCUT2D eigenvalue weighted by molar-refractivity contribution is 4.91. The van der Waals surface area contributed by atoms with Crippen LogP contribution in [0, 0.1) is 0 Å². The first kappa shape index (κ1) is 6.78. The number of hydrogen-bond acceptors (Lipinski definition) is 2. The fraction of sp³-hybridized carbons (Fsp3) is 0.714. The molecule has 0 bridgehead atoms. The third kappa shape index (κ3) is 1.53. The average Bonchev–Trinajstić information content (AvgIpc) is 1.89. The van der Waals surface area contributed by atoms with Crippen molar-refractivity contribution in [3.8, 4) is 0 Å². The van der Waals surface area contributed by atoms with Crippen LogP contribution in [0.15, 0.2) is 12.7 Å². The van der Waals surface area contributed by atoms with Gasteiger partial charge in [0.25, 0.3) is 0 Å². The molecule has 2 atom stereocenters. The summed E-state index contributed by atoms with van der Waals surface area (Å²) in [5, 5.41) is 3.28. The van der Waals surface area contributed by atoms with Crippen LogP contribution >= 0.6 is 0 Å². The lowest BCUT2D eigenvalue weighted by Crippen LogP contribution is -2.45. The van der Waals surface area contributed by atoms with Crippen LogP contribution in [-0.4, -0.2) is 25.3 Å². The fourth-order valence-electron chi connectivity index (χ4n) is 1.02. The van der Waals surface area contributed by atoms with Crippen LogP contribution in [-0.2, 0) is 4.74 Å². The van der Waals surface area contributed by atoms with E-state index < -0.39 is 0 Å². The zero-order valence-corrected chi connectivity index (χ0v) is 5.76. The maximum absolute atomic E-state index is 5.35. The molecule has 1 heterocycles. The monoisotopic (exact) mass is 127 g/mol. The molecule has 1 saturated heterocycles. The summed E-state index contributed by atoms with van der Waals surface area (Å²) in [5.41, 5.74) is 0. The van der Waals surface area contributed by atoms with Gasteiger partial charge in [0.05, 0.1) is 18.8 Å². The molecule has 0 aromatic rings. The van der Waals surface area contributed by atoms with Gasteiger partial charge in [0.15, 0.2) is 0 Å². The lowest BCUT2D eigenvalue weighted by molar-refractivity contribution is 0.0213. The number of nitrogens with one attached hydrogen (secondary N) is 1. The first-order chi connectivity index (χ1) is 4.34. The van der Waals surface area contributed by atoms with E-state index in [2.05, 4.69) is 18.8 Å². The van der Waals surface area contributed by atoms with Crippen molar-refractivity contribution in [1.82, 2.24) is 5.32 Å². The lowest BCUT2D eigenvalue weighted by Gasteiger charge is -2.27. The van der Waals surface area contributed by atoms with Crippen molar-refractivity contribution in [1.29, 1.82) is 0 Å². The lowest BCUT2D eigenvalue weighted by atomic mass is 10.1. The van der Waals surface area contributed by atoms with Gasteiger partial charge in [-0.1, -0.05) is 6.08 Å². The Kier molecular flexibility index (Phi) is 2.25. The second-order valence-electron chi connectivity index (χ2n) is 2.29. The summed E-state index contributed by atoms with van der Waals surface area (Å²) in [7, 11) is 0. The summed E-state index contributed by atoms with van der Waals surface area (Å²) in [6.07, 6.45) is 2.18. The normalized spacial score (nSPS) is 36.1. The van der Waals surface area contributed by atoms with Gasteiger partial charge in [-0.25, -0.2) is 0 Å². The van der Waals surface area contributed by atoms with Crippen LogP contribution in [0.2, 0.25) is 0 Å². The van der Waals surface area contributed by atoms with Crippen molar-refractivity contribution in [3.63, 3.8) is 0 Å². The Labute approximate surface area is 55.9 Å². The van der Waals surface area contributed by atoms with Crippen molar-refractivity contribution in [3.05, 3.63) is 12.7 Å². The van der Waals surface area contributed by atoms with Gasteiger partial charge in [0.2, 0.25) is 0 Å². The zero-order valence-electron chi connectivity index (χ0n) is 5.76. The zero-order chi connectivity index (χ0) is 6.69. The van der Waals surface area contributed by atoms with Gasteiger partial charge >= 0.3 is 0 Å². The molecule has 1 N–H and O–H groups in total. The van der Waals surface area contributed by atoms with Crippen LogP contribution in [0.5, 0.6) is 0 Å². The average molecular weight is 127 g/mol. The van der Waals surface area contributed by atoms with E-state index in [1.54, 1.807) is 0 Å². The highest BCUT2D eigenvalue weighted by Crippen LogP contribution is 2.03. The van der Waals surface area contributed by atoms with Gasteiger partial charge in [-0.3, -0.25) is 0 Å². The molecule has 0 spiro atoms. The molecule has 52 valence electrons. The van der Waals surface area contributed by atoms with Gasteiger partial charge in [-0.2, -0.15) is 0 Å². The van der Waals surface area contributed by atoms with Gasteiger partial charge in [0.1, 0.15) is 0 Å². The van der Waals surface area contributed by atoms with E-state index in [0.717, 1.165) is 13.2 Å². The molecule has 0 aromatic heterocycles. The van der Waals surface area contributed by atoms with Crippen LogP contribution in [0.3, 0.4) is 0 Å². The molecule has 0 aromatic carbocycles. The molecule has 0 amide bonds. The third-order valence-corrected chi connectivity index (χ3v) is 1.62. The number of rotatable bonds is 1. The van der Waals surface area contributed by atoms with E-state index in [-0.39, 0.29) is 6.10 Å². The van der Waals surface area contributed by atoms with Gasteiger partial charge < -0.3 is 10.1 Å². The van der Waals surface area contributed by atoms with E-state index >= 15 is 0 Å². The first-order valence-corrected chi connectivity index (χ1v) is 3.32. The van der Waals surface area contributed by atoms with Crippen molar-refractivity contribution in [2.45, 2.75) is 19.1 Å². The van der Waals surface area contributed by atoms with Gasteiger partial charge in [0, 0.05) is 6.54 Å². The number of morpholine rings is 1. The number of hydrogen-bond donors (Lipinski definition) is 1. The summed E-state index contributed by atoms with van der Waals surface area (Å²) in [6.45, 7) is 7.52. The predicted molar refractivity (Wildman–Crippen MR) is 37.4 cm³/mol. The van der Waals surface area contributed by atoms with Crippen molar-refractivity contribution >= 4 is 0 Å². The minimum atomic E-state index is 0.288. The molecule has 1 fully saturated rings. The molecule has 1 aliphatic heterocycles. The van der Waals surface area contributed by atoms with Crippen LogP contribution in [0.1, 0.15) is 6.92 Å². The predicted octanol–water partition coefficient (Wildman–Crippen LogP) is 0.549. The molecule has 1 rings (SSSR count). The Morgan fingerprint density at radius 3 is 3.00 bits per heavy atom. The Morgan fingerprint density at radius 1 is 1.78 bits per heavy atom. The molecule has 0 radical (unpaired) electrons. The first-order valence-electron chi connectivity index (χ1n) is 3.32. The van der Waals surface area contributed by atoms with Gasteiger partial charge in [-0.05, 0) is 6.92 Å². The summed E-state index contributed by atoms with van der Waals surface area (Å²) in [5.74, 6) is 0. The largest absolute Gasteiger partial charge is 0.375 e. The second kappa shape index (κ2) is 2.99. The maximum Gasteiger partial charge on any atom is 0.0736 e. The van der Waals surface area contributed by atoms with E-state index in [1.807, 2.05) is 6.08 Å². The number of ether oxygens (including phenoxy) is 1. The smallest absolute Gasteiger partial charge is 0.0736 e. The highest BCUT2D eigenvalue weighted by atomic mass is 16.5. The summed E-state index contributed by atoms with van der Waals surface area (Å²) in [6, 6.07) is 0.346. The van der Waals surface area contributed by atoms with Gasteiger partial charge in [-0.15, -0.1) is 6.58 Å². The molecule has 2 nitrogen and oxygen atoms in total.